The number of benzene rings is 1. The molecule has 1 aromatic heterocycles. The highest BCUT2D eigenvalue weighted by molar-refractivity contribution is 6.32. The van der Waals surface area contributed by atoms with Crippen molar-refractivity contribution >= 4 is 29.1 Å². The number of anilines is 1. The zero-order chi connectivity index (χ0) is 21.7. The van der Waals surface area contributed by atoms with E-state index in [-0.39, 0.29) is 17.7 Å². The average molecular weight is 431 g/mol. The number of piperidine rings is 1. The molecule has 0 spiro atoms. The van der Waals surface area contributed by atoms with E-state index in [1.54, 1.807) is 38.3 Å². The number of hydrogen-bond acceptors (Lipinski definition) is 5. The van der Waals surface area contributed by atoms with Crippen molar-refractivity contribution in [2.75, 3.05) is 25.5 Å². The lowest BCUT2D eigenvalue weighted by Gasteiger charge is -2.32. The van der Waals surface area contributed by atoms with Crippen molar-refractivity contribution in [3.63, 3.8) is 0 Å². The van der Waals surface area contributed by atoms with Crippen LogP contribution in [0.15, 0.2) is 24.3 Å². The Kier molecular flexibility index (Phi) is 7.26. The number of likely N-dealkylation sites (tertiary alicyclic amines) is 1. The number of aryl methyl sites for hydroxylation is 2. The fourth-order valence-corrected chi connectivity index (χ4v) is 4.03. The molecule has 2 amide bonds. The second-order valence-corrected chi connectivity index (χ2v) is 8.04. The maximum absolute atomic E-state index is 12.8. The predicted octanol–water partition coefficient (Wildman–Crippen LogP) is 4.03. The van der Waals surface area contributed by atoms with Crippen LogP contribution in [0, 0.1) is 19.8 Å². The molecule has 8 heteroatoms. The van der Waals surface area contributed by atoms with E-state index in [9.17, 15) is 9.59 Å². The Bertz CT molecular complexity index is 914. The Morgan fingerprint density at radius 1 is 1.27 bits per heavy atom. The first-order valence-electron chi connectivity index (χ1n) is 10.1. The monoisotopic (exact) mass is 430 g/mol. The summed E-state index contributed by atoms with van der Waals surface area (Å²) in [4.78, 5) is 35.6. The van der Waals surface area contributed by atoms with Crippen LogP contribution in [-0.4, -0.2) is 46.9 Å². The Balaban J connectivity index is 1.52. The number of amides is 2. The molecule has 2 heterocycles. The van der Waals surface area contributed by atoms with E-state index in [4.69, 9.17) is 16.3 Å². The summed E-state index contributed by atoms with van der Waals surface area (Å²) in [5.41, 5.74) is 1.87. The first kappa shape index (κ1) is 22.0. The van der Waals surface area contributed by atoms with E-state index >= 15 is 0 Å². The number of nitrogens with one attached hydrogen (secondary N) is 1. The lowest BCUT2D eigenvalue weighted by atomic mass is 9.93. The quantitative estimate of drug-likeness (QED) is 0.747. The van der Waals surface area contributed by atoms with Crippen LogP contribution in [0.25, 0.3) is 0 Å². The predicted molar refractivity (Wildman–Crippen MR) is 116 cm³/mol. The van der Waals surface area contributed by atoms with Gasteiger partial charge in [-0.25, -0.2) is 9.97 Å². The first-order valence-corrected chi connectivity index (χ1v) is 10.5. The Hall–Kier alpha value is -2.67. The molecule has 0 bridgehead atoms. The second kappa shape index (κ2) is 9.89. The third kappa shape index (κ3) is 5.69. The molecule has 1 saturated heterocycles. The lowest BCUT2D eigenvalue weighted by molar-refractivity contribution is -0.116. The number of hydrogen-bond donors (Lipinski definition) is 1. The SMILES string of the molecule is COc1ccc(NC(=O)CCC2CCCN(C(=O)c3cc(C)nc(C)n3)C2)cc1Cl. The van der Waals surface area contributed by atoms with Crippen LogP contribution in [-0.2, 0) is 4.79 Å². The molecule has 2 aromatic rings. The molecule has 1 aliphatic heterocycles. The molecule has 1 unspecified atom stereocenters. The molecule has 7 nitrogen and oxygen atoms in total. The maximum atomic E-state index is 12.8. The fourth-order valence-electron chi connectivity index (χ4n) is 3.78. The van der Waals surface area contributed by atoms with Gasteiger partial charge in [-0.05, 0) is 63.3 Å². The largest absolute Gasteiger partial charge is 0.495 e. The van der Waals surface area contributed by atoms with Gasteiger partial charge in [0.25, 0.3) is 5.91 Å². The van der Waals surface area contributed by atoms with Crippen molar-refractivity contribution in [2.24, 2.45) is 5.92 Å². The number of nitrogens with zero attached hydrogens (tertiary/aromatic N) is 3. The summed E-state index contributed by atoms with van der Waals surface area (Å²) < 4.78 is 5.12. The van der Waals surface area contributed by atoms with E-state index in [1.165, 1.54) is 0 Å². The third-order valence-electron chi connectivity index (χ3n) is 5.21. The average Bonchev–Trinajstić information content (AvgIpc) is 2.71. The smallest absolute Gasteiger partial charge is 0.272 e. The fraction of sp³-hybridized carbons (Fsp3) is 0.455. The van der Waals surface area contributed by atoms with Gasteiger partial charge in [-0.2, -0.15) is 0 Å². The van der Waals surface area contributed by atoms with Gasteiger partial charge >= 0.3 is 0 Å². The maximum Gasteiger partial charge on any atom is 0.272 e. The van der Waals surface area contributed by atoms with E-state index < -0.39 is 0 Å². The third-order valence-corrected chi connectivity index (χ3v) is 5.50. The summed E-state index contributed by atoms with van der Waals surface area (Å²) in [5.74, 6) is 1.32. The van der Waals surface area contributed by atoms with Crippen LogP contribution in [0.4, 0.5) is 5.69 Å². The topological polar surface area (TPSA) is 84.4 Å². The van der Waals surface area contributed by atoms with Gasteiger partial charge in [0.05, 0.1) is 12.1 Å². The normalized spacial score (nSPS) is 16.3. The number of halogens is 1. The summed E-state index contributed by atoms with van der Waals surface area (Å²) in [6.45, 7) is 5.01. The molecule has 0 aliphatic carbocycles. The zero-order valence-electron chi connectivity index (χ0n) is 17.6. The number of aromatic nitrogens is 2. The van der Waals surface area contributed by atoms with Crippen LogP contribution < -0.4 is 10.1 Å². The van der Waals surface area contributed by atoms with Gasteiger partial charge < -0.3 is 15.0 Å². The van der Waals surface area contributed by atoms with E-state index in [0.717, 1.165) is 25.0 Å². The molecular formula is C22H27ClN4O3. The van der Waals surface area contributed by atoms with Crippen LogP contribution >= 0.6 is 11.6 Å². The number of carbonyl (C=O) groups is 2. The van der Waals surface area contributed by atoms with Crippen LogP contribution in [0.2, 0.25) is 5.02 Å². The van der Waals surface area contributed by atoms with Crippen molar-refractivity contribution in [3.8, 4) is 5.75 Å². The molecule has 1 atom stereocenters. The van der Waals surface area contributed by atoms with Gasteiger partial charge in [-0.3, -0.25) is 9.59 Å². The summed E-state index contributed by atoms with van der Waals surface area (Å²) in [7, 11) is 1.55. The van der Waals surface area contributed by atoms with Crippen molar-refractivity contribution in [2.45, 2.75) is 39.5 Å². The van der Waals surface area contributed by atoms with Crippen molar-refractivity contribution in [1.29, 1.82) is 0 Å². The van der Waals surface area contributed by atoms with E-state index in [2.05, 4.69) is 15.3 Å². The Labute approximate surface area is 181 Å². The van der Waals surface area contributed by atoms with Gasteiger partial charge in [0, 0.05) is 30.9 Å². The van der Waals surface area contributed by atoms with Gasteiger partial charge in [-0.15, -0.1) is 0 Å². The number of rotatable bonds is 6. The Morgan fingerprint density at radius 3 is 2.77 bits per heavy atom. The lowest BCUT2D eigenvalue weighted by Crippen LogP contribution is -2.40. The van der Waals surface area contributed by atoms with E-state index in [1.807, 2.05) is 11.8 Å². The molecule has 1 aliphatic rings. The molecule has 3 rings (SSSR count). The Morgan fingerprint density at radius 2 is 2.07 bits per heavy atom. The molecule has 1 fully saturated rings. The second-order valence-electron chi connectivity index (χ2n) is 7.64. The van der Waals surface area contributed by atoms with Gasteiger partial charge in [-0.1, -0.05) is 11.6 Å². The first-order chi connectivity index (χ1) is 14.4. The molecule has 1 aromatic carbocycles. The molecule has 160 valence electrons. The van der Waals surface area contributed by atoms with Crippen LogP contribution in [0.3, 0.4) is 0 Å². The zero-order valence-corrected chi connectivity index (χ0v) is 18.3. The summed E-state index contributed by atoms with van der Waals surface area (Å²) >= 11 is 6.10. The molecule has 0 radical (unpaired) electrons. The molecule has 30 heavy (non-hydrogen) atoms. The minimum Gasteiger partial charge on any atom is -0.495 e. The minimum absolute atomic E-state index is 0.0642. The highest BCUT2D eigenvalue weighted by Crippen LogP contribution is 2.28. The number of carbonyl (C=O) groups excluding carboxylic acids is 2. The highest BCUT2D eigenvalue weighted by atomic mass is 35.5. The van der Waals surface area contributed by atoms with Crippen molar-refractivity contribution in [1.82, 2.24) is 14.9 Å². The van der Waals surface area contributed by atoms with Gasteiger partial charge in [0.2, 0.25) is 5.91 Å². The summed E-state index contributed by atoms with van der Waals surface area (Å²) in [5, 5.41) is 3.32. The molecule has 0 saturated carbocycles. The van der Waals surface area contributed by atoms with Gasteiger partial charge in [0.15, 0.2) is 0 Å². The van der Waals surface area contributed by atoms with E-state index in [0.29, 0.717) is 47.5 Å². The summed E-state index contributed by atoms with van der Waals surface area (Å²) in [6, 6.07) is 6.88. The number of ether oxygens (including phenoxy) is 1. The van der Waals surface area contributed by atoms with Crippen molar-refractivity contribution in [3.05, 3.63) is 46.5 Å². The summed E-state index contributed by atoms with van der Waals surface area (Å²) in [6.07, 6.45) is 3.05. The van der Waals surface area contributed by atoms with Gasteiger partial charge in [0.1, 0.15) is 17.3 Å². The molecule has 1 N–H and O–H groups in total. The van der Waals surface area contributed by atoms with Crippen molar-refractivity contribution < 1.29 is 14.3 Å². The number of methoxy groups -OCH3 is 1. The standard InChI is InChI=1S/C22H27ClN4O3/c1-14-11-19(25-15(2)24-14)22(29)27-10-4-5-16(13-27)6-9-21(28)26-17-7-8-20(30-3)18(23)12-17/h7-8,11-12,16H,4-6,9-10,13H2,1-3H3,(H,26,28). The van der Waals surface area contributed by atoms with Crippen LogP contribution in [0.1, 0.15) is 47.7 Å². The highest BCUT2D eigenvalue weighted by Gasteiger charge is 2.26. The molecular weight excluding hydrogens is 404 g/mol. The van der Waals surface area contributed by atoms with Crippen LogP contribution in [0.5, 0.6) is 5.75 Å². The minimum atomic E-state index is -0.0678.